The fraction of sp³-hybridized carbons (Fsp3) is 0.619. The Morgan fingerprint density at radius 1 is 1.07 bits per heavy atom. The fourth-order valence-electron chi connectivity index (χ4n) is 2.47. The summed E-state index contributed by atoms with van der Waals surface area (Å²) in [5, 5.41) is 19.5. The Morgan fingerprint density at radius 3 is 2.11 bits per heavy atom. The van der Waals surface area contributed by atoms with Crippen LogP contribution in [0.3, 0.4) is 0 Å². The van der Waals surface area contributed by atoms with Crippen molar-refractivity contribution in [2.75, 3.05) is 19.6 Å². The van der Waals surface area contributed by atoms with E-state index >= 15 is 0 Å². The molecule has 28 heavy (non-hydrogen) atoms. The topological polar surface area (TPSA) is 85.8 Å². The molecule has 1 rings (SSSR count). The number of nitrogens with one attached hydrogen (secondary N) is 3. The largest absolute Gasteiger partial charge is 0.387 e. The third kappa shape index (κ3) is 10.3. The third-order valence-electron chi connectivity index (χ3n) is 3.86. The van der Waals surface area contributed by atoms with Gasteiger partial charge >= 0.3 is 0 Å². The molecule has 4 N–H and O–H groups in total. The summed E-state index contributed by atoms with van der Waals surface area (Å²) in [4.78, 5) is 16.2. The van der Waals surface area contributed by atoms with E-state index in [1.807, 2.05) is 39.8 Å². The first-order chi connectivity index (χ1) is 12.4. The Balaban J connectivity index is 0.00000729. The number of carbonyl (C=O) groups is 1. The first kappa shape index (κ1) is 26.6. The van der Waals surface area contributed by atoms with E-state index in [2.05, 4.69) is 53.8 Å². The lowest BCUT2D eigenvalue weighted by atomic mass is 9.86. The number of hydrogen-bond donors (Lipinski definition) is 4. The number of hydrogen-bond acceptors (Lipinski definition) is 3. The van der Waals surface area contributed by atoms with Gasteiger partial charge in [0.05, 0.1) is 6.10 Å². The van der Waals surface area contributed by atoms with Gasteiger partial charge in [0.25, 0.3) is 0 Å². The van der Waals surface area contributed by atoms with E-state index in [9.17, 15) is 9.90 Å². The van der Waals surface area contributed by atoms with Crippen LogP contribution in [0.4, 0.5) is 0 Å². The van der Waals surface area contributed by atoms with E-state index in [-0.39, 0.29) is 47.4 Å². The number of guanidine groups is 1. The van der Waals surface area contributed by atoms with Crippen LogP contribution in [0.25, 0.3) is 0 Å². The molecular formula is C21H37IN4O2. The molecule has 0 heterocycles. The highest BCUT2D eigenvalue weighted by Gasteiger charge is 2.15. The first-order valence-electron chi connectivity index (χ1n) is 9.54. The summed E-state index contributed by atoms with van der Waals surface area (Å²) in [6, 6.07) is 8.00. The van der Waals surface area contributed by atoms with Crippen LogP contribution in [-0.4, -0.2) is 42.1 Å². The smallest absolute Gasteiger partial charge is 0.242 e. The number of aliphatic hydroxyl groups excluding tert-OH is 1. The van der Waals surface area contributed by atoms with Crippen molar-refractivity contribution in [1.82, 2.24) is 16.0 Å². The number of benzene rings is 1. The van der Waals surface area contributed by atoms with Crippen molar-refractivity contribution < 1.29 is 9.90 Å². The van der Waals surface area contributed by atoms with Gasteiger partial charge in [0.2, 0.25) is 5.91 Å². The number of amides is 1. The Hall–Kier alpha value is -1.35. The van der Waals surface area contributed by atoms with Gasteiger partial charge in [-0.1, -0.05) is 45.0 Å². The SMILES string of the molecule is CCNC(=NCC(=O)NC(C)(C)C)NCC(O)c1ccc(C(C)(C)C)cc1.I. The van der Waals surface area contributed by atoms with Gasteiger partial charge in [0, 0.05) is 18.6 Å². The van der Waals surface area contributed by atoms with Crippen molar-refractivity contribution in [3.8, 4) is 0 Å². The summed E-state index contributed by atoms with van der Waals surface area (Å²) in [5.74, 6) is 0.366. The Kier molecular flexibility index (Phi) is 11.0. The second-order valence-corrected chi connectivity index (χ2v) is 8.76. The highest BCUT2D eigenvalue weighted by Crippen LogP contribution is 2.23. The van der Waals surface area contributed by atoms with Crippen LogP contribution in [0.1, 0.15) is 65.7 Å². The molecule has 1 amide bonds. The van der Waals surface area contributed by atoms with Gasteiger partial charge in [0.15, 0.2) is 5.96 Å². The normalized spacial score (nSPS) is 13.4. The van der Waals surface area contributed by atoms with Crippen LogP contribution in [-0.2, 0) is 10.2 Å². The van der Waals surface area contributed by atoms with E-state index in [1.54, 1.807) is 0 Å². The van der Waals surface area contributed by atoms with Crippen molar-refractivity contribution in [2.45, 2.75) is 65.5 Å². The van der Waals surface area contributed by atoms with Crippen LogP contribution < -0.4 is 16.0 Å². The average molecular weight is 504 g/mol. The Morgan fingerprint density at radius 2 is 1.64 bits per heavy atom. The monoisotopic (exact) mass is 504 g/mol. The maximum absolute atomic E-state index is 11.9. The van der Waals surface area contributed by atoms with Crippen LogP contribution in [0.5, 0.6) is 0 Å². The zero-order chi connectivity index (χ0) is 20.7. The highest BCUT2D eigenvalue weighted by atomic mass is 127. The number of rotatable bonds is 6. The Labute approximate surface area is 187 Å². The summed E-state index contributed by atoms with van der Waals surface area (Å²) >= 11 is 0. The Bertz CT molecular complexity index is 631. The molecule has 0 radical (unpaired) electrons. The van der Waals surface area contributed by atoms with Crippen LogP contribution >= 0.6 is 24.0 Å². The summed E-state index contributed by atoms with van der Waals surface area (Å²) in [6.45, 7) is 15.2. The first-order valence-corrected chi connectivity index (χ1v) is 9.54. The van der Waals surface area contributed by atoms with Crippen molar-refractivity contribution in [2.24, 2.45) is 4.99 Å². The molecule has 0 saturated heterocycles. The molecule has 0 spiro atoms. The molecular weight excluding hydrogens is 467 g/mol. The minimum Gasteiger partial charge on any atom is -0.387 e. The molecule has 0 aliphatic rings. The van der Waals surface area contributed by atoms with Crippen LogP contribution in [0.2, 0.25) is 0 Å². The maximum atomic E-state index is 11.9. The summed E-state index contributed by atoms with van der Waals surface area (Å²) in [5.41, 5.74) is 1.87. The standard InChI is InChI=1S/C21H36N4O2.HI/c1-8-22-19(24-14-18(27)25-21(5,6)7)23-13-17(26)15-9-11-16(12-10-15)20(2,3)4;/h9-12,17,26H,8,13-14H2,1-7H3,(H,25,27)(H2,22,23,24);1H. The zero-order valence-corrected chi connectivity index (χ0v) is 20.5. The molecule has 1 aromatic rings. The zero-order valence-electron chi connectivity index (χ0n) is 18.2. The molecule has 0 aliphatic heterocycles. The molecule has 0 fully saturated rings. The molecule has 7 heteroatoms. The second-order valence-electron chi connectivity index (χ2n) is 8.76. The quantitative estimate of drug-likeness (QED) is 0.273. The van der Waals surface area contributed by atoms with Gasteiger partial charge in [-0.15, -0.1) is 24.0 Å². The highest BCUT2D eigenvalue weighted by molar-refractivity contribution is 14.0. The van der Waals surface area contributed by atoms with Gasteiger partial charge in [-0.2, -0.15) is 0 Å². The van der Waals surface area contributed by atoms with Gasteiger partial charge in [-0.3, -0.25) is 4.79 Å². The maximum Gasteiger partial charge on any atom is 0.242 e. The number of halogens is 1. The minimum absolute atomic E-state index is 0. The third-order valence-corrected chi connectivity index (χ3v) is 3.86. The fourth-order valence-corrected chi connectivity index (χ4v) is 2.47. The van der Waals surface area contributed by atoms with E-state index in [0.717, 1.165) is 5.56 Å². The lowest BCUT2D eigenvalue weighted by Crippen LogP contribution is -2.43. The van der Waals surface area contributed by atoms with Crippen molar-refractivity contribution >= 4 is 35.8 Å². The number of aliphatic hydroxyl groups is 1. The van der Waals surface area contributed by atoms with Crippen LogP contribution in [0, 0.1) is 0 Å². The molecule has 1 unspecified atom stereocenters. The molecule has 0 saturated carbocycles. The molecule has 160 valence electrons. The molecule has 0 aromatic heterocycles. The lowest BCUT2D eigenvalue weighted by Gasteiger charge is -2.21. The summed E-state index contributed by atoms with van der Waals surface area (Å²) < 4.78 is 0. The average Bonchev–Trinajstić information content (AvgIpc) is 2.55. The molecule has 1 atom stereocenters. The van der Waals surface area contributed by atoms with Crippen molar-refractivity contribution in [1.29, 1.82) is 0 Å². The lowest BCUT2D eigenvalue weighted by molar-refractivity contribution is -0.121. The van der Waals surface area contributed by atoms with Gasteiger partial charge in [-0.25, -0.2) is 4.99 Å². The predicted molar refractivity (Wildman–Crippen MR) is 127 cm³/mol. The van der Waals surface area contributed by atoms with Crippen LogP contribution in [0.15, 0.2) is 29.3 Å². The van der Waals surface area contributed by atoms with Gasteiger partial charge in [0.1, 0.15) is 6.54 Å². The van der Waals surface area contributed by atoms with Gasteiger partial charge in [-0.05, 0) is 44.2 Å². The van der Waals surface area contributed by atoms with E-state index in [4.69, 9.17) is 0 Å². The minimum atomic E-state index is -0.661. The van der Waals surface area contributed by atoms with Crippen molar-refractivity contribution in [3.05, 3.63) is 35.4 Å². The molecule has 6 nitrogen and oxygen atoms in total. The molecule has 0 bridgehead atoms. The summed E-state index contributed by atoms with van der Waals surface area (Å²) in [7, 11) is 0. The number of carbonyl (C=O) groups excluding carboxylic acids is 1. The van der Waals surface area contributed by atoms with E-state index in [1.165, 1.54) is 5.56 Å². The van der Waals surface area contributed by atoms with E-state index in [0.29, 0.717) is 19.0 Å². The second kappa shape index (κ2) is 11.6. The molecule has 0 aliphatic carbocycles. The number of nitrogens with zero attached hydrogens (tertiary/aromatic N) is 1. The van der Waals surface area contributed by atoms with E-state index < -0.39 is 6.10 Å². The van der Waals surface area contributed by atoms with Crippen molar-refractivity contribution in [3.63, 3.8) is 0 Å². The predicted octanol–water partition coefficient (Wildman–Crippen LogP) is 3.11. The number of aliphatic imine (C=N–C) groups is 1. The van der Waals surface area contributed by atoms with Gasteiger partial charge < -0.3 is 21.1 Å². The summed E-state index contributed by atoms with van der Waals surface area (Å²) in [6.07, 6.45) is -0.661. The molecule has 1 aromatic carbocycles.